The SMILES string of the molecule is CCCC(C)N(C)C(=O)CNc1ccccc1. The van der Waals surface area contributed by atoms with Gasteiger partial charge in [-0.05, 0) is 25.5 Å². The molecule has 1 aromatic carbocycles. The molecule has 0 heterocycles. The first kappa shape index (κ1) is 13.6. The third-order valence-electron chi connectivity index (χ3n) is 2.98. The van der Waals surface area contributed by atoms with Crippen LogP contribution < -0.4 is 5.32 Å². The molecule has 0 aromatic heterocycles. The highest BCUT2D eigenvalue weighted by Crippen LogP contribution is 2.07. The maximum atomic E-state index is 11.9. The quantitative estimate of drug-likeness (QED) is 0.821. The van der Waals surface area contributed by atoms with E-state index in [1.54, 1.807) is 0 Å². The maximum Gasteiger partial charge on any atom is 0.241 e. The third kappa shape index (κ3) is 4.47. The second-order valence-corrected chi connectivity index (χ2v) is 4.36. The Morgan fingerprint density at radius 1 is 1.35 bits per heavy atom. The van der Waals surface area contributed by atoms with Crippen LogP contribution in [0.1, 0.15) is 26.7 Å². The van der Waals surface area contributed by atoms with Gasteiger partial charge in [-0.15, -0.1) is 0 Å². The standard InChI is InChI=1S/C14H22N2O/c1-4-8-12(2)16(3)14(17)11-15-13-9-6-5-7-10-13/h5-7,9-10,12,15H,4,8,11H2,1-3H3. The molecule has 0 saturated carbocycles. The molecule has 0 fully saturated rings. The molecule has 1 amide bonds. The summed E-state index contributed by atoms with van der Waals surface area (Å²) in [7, 11) is 1.87. The van der Waals surface area contributed by atoms with Crippen molar-refractivity contribution in [2.45, 2.75) is 32.7 Å². The number of hydrogen-bond donors (Lipinski definition) is 1. The van der Waals surface area contributed by atoms with Crippen LogP contribution in [-0.4, -0.2) is 30.4 Å². The number of carbonyl (C=O) groups excluding carboxylic acids is 1. The molecule has 94 valence electrons. The molecule has 0 radical (unpaired) electrons. The van der Waals surface area contributed by atoms with Gasteiger partial charge in [0.2, 0.25) is 5.91 Å². The number of nitrogens with zero attached hydrogens (tertiary/aromatic N) is 1. The fourth-order valence-electron chi connectivity index (χ4n) is 1.72. The number of benzene rings is 1. The number of likely N-dealkylation sites (N-methyl/N-ethyl adjacent to an activating group) is 1. The number of hydrogen-bond acceptors (Lipinski definition) is 2. The molecule has 0 spiro atoms. The molecule has 0 aliphatic heterocycles. The van der Waals surface area contributed by atoms with Crippen LogP contribution in [0.3, 0.4) is 0 Å². The summed E-state index contributed by atoms with van der Waals surface area (Å²) in [5.74, 6) is 0.134. The second kappa shape index (κ2) is 6.94. The van der Waals surface area contributed by atoms with Crippen LogP contribution in [0, 0.1) is 0 Å². The number of nitrogens with one attached hydrogen (secondary N) is 1. The lowest BCUT2D eigenvalue weighted by Crippen LogP contribution is -2.38. The van der Waals surface area contributed by atoms with Gasteiger partial charge in [0.15, 0.2) is 0 Å². The van der Waals surface area contributed by atoms with Crippen molar-refractivity contribution in [3.05, 3.63) is 30.3 Å². The lowest BCUT2D eigenvalue weighted by molar-refractivity contribution is -0.129. The van der Waals surface area contributed by atoms with Crippen molar-refractivity contribution in [1.82, 2.24) is 4.90 Å². The van der Waals surface area contributed by atoms with Crippen molar-refractivity contribution in [3.8, 4) is 0 Å². The van der Waals surface area contributed by atoms with Crippen LogP contribution in [0.15, 0.2) is 30.3 Å². The van der Waals surface area contributed by atoms with Crippen LogP contribution in [0.5, 0.6) is 0 Å². The normalized spacial score (nSPS) is 11.9. The first-order valence-electron chi connectivity index (χ1n) is 6.19. The third-order valence-corrected chi connectivity index (χ3v) is 2.98. The fraction of sp³-hybridized carbons (Fsp3) is 0.500. The summed E-state index contributed by atoms with van der Waals surface area (Å²) < 4.78 is 0. The van der Waals surface area contributed by atoms with Gasteiger partial charge in [0.25, 0.3) is 0 Å². The zero-order chi connectivity index (χ0) is 12.7. The number of rotatable bonds is 6. The topological polar surface area (TPSA) is 32.3 Å². The fourth-order valence-corrected chi connectivity index (χ4v) is 1.72. The van der Waals surface area contributed by atoms with E-state index >= 15 is 0 Å². The van der Waals surface area contributed by atoms with E-state index in [2.05, 4.69) is 19.2 Å². The van der Waals surface area contributed by atoms with Gasteiger partial charge in [0, 0.05) is 18.8 Å². The van der Waals surface area contributed by atoms with Crippen LogP contribution in [0.4, 0.5) is 5.69 Å². The van der Waals surface area contributed by atoms with Crippen molar-refractivity contribution in [1.29, 1.82) is 0 Å². The van der Waals surface area contributed by atoms with Crippen LogP contribution in [0.2, 0.25) is 0 Å². The Morgan fingerprint density at radius 2 is 2.00 bits per heavy atom. The zero-order valence-corrected chi connectivity index (χ0v) is 10.9. The average Bonchev–Trinajstić information content (AvgIpc) is 2.36. The van der Waals surface area contributed by atoms with Crippen molar-refractivity contribution < 1.29 is 4.79 Å². The molecule has 1 unspecified atom stereocenters. The molecule has 0 aliphatic rings. The Kier molecular flexibility index (Phi) is 5.53. The molecule has 1 atom stereocenters. The van der Waals surface area contributed by atoms with E-state index < -0.39 is 0 Å². The van der Waals surface area contributed by atoms with Crippen LogP contribution >= 0.6 is 0 Å². The van der Waals surface area contributed by atoms with Gasteiger partial charge in [0.1, 0.15) is 0 Å². The lowest BCUT2D eigenvalue weighted by Gasteiger charge is -2.25. The van der Waals surface area contributed by atoms with Crippen LogP contribution in [-0.2, 0) is 4.79 Å². The zero-order valence-electron chi connectivity index (χ0n) is 10.9. The maximum absolute atomic E-state index is 11.9. The minimum absolute atomic E-state index is 0.134. The summed E-state index contributed by atoms with van der Waals surface area (Å²) in [4.78, 5) is 13.7. The molecule has 3 nitrogen and oxygen atoms in total. The highest BCUT2D eigenvalue weighted by Gasteiger charge is 2.14. The smallest absolute Gasteiger partial charge is 0.241 e. The highest BCUT2D eigenvalue weighted by molar-refractivity contribution is 5.80. The summed E-state index contributed by atoms with van der Waals surface area (Å²) in [5, 5.41) is 3.13. The van der Waals surface area contributed by atoms with Crippen molar-refractivity contribution in [2.24, 2.45) is 0 Å². The summed E-state index contributed by atoms with van der Waals surface area (Å²) in [6.45, 7) is 4.58. The van der Waals surface area contributed by atoms with Crippen molar-refractivity contribution in [2.75, 3.05) is 18.9 Å². The largest absolute Gasteiger partial charge is 0.376 e. The minimum Gasteiger partial charge on any atom is -0.376 e. The molecule has 0 bridgehead atoms. The molecule has 1 rings (SSSR count). The number of anilines is 1. The Bertz CT molecular complexity index is 337. The molecule has 17 heavy (non-hydrogen) atoms. The number of carbonyl (C=O) groups is 1. The predicted molar refractivity (Wildman–Crippen MR) is 72.1 cm³/mol. The molecule has 3 heteroatoms. The Morgan fingerprint density at radius 3 is 2.59 bits per heavy atom. The first-order valence-corrected chi connectivity index (χ1v) is 6.19. The average molecular weight is 234 g/mol. The van der Waals surface area contributed by atoms with E-state index in [9.17, 15) is 4.79 Å². The minimum atomic E-state index is 0.134. The van der Waals surface area contributed by atoms with Crippen molar-refractivity contribution >= 4 is 11.6 Å². The van der Waals surface area contributed by atoms with E-state index in [4.69, 9.17) is 0 Å². The van der Waals surface area contributed by atoms with Gasteiger partial charge in [-0.1, -0.05) is 31.5 Å². The van der Waals surface area contributed by atoms with E-state index in [0.717, 1.165) is 18.5 Å². The van der Waals surface area contributed by atoms with Gasteiger partial charge in [-0.2, -0.15) is 0 Å². The van der Waals surface area contributed by atoms with Gasteiger partial charge < -0.3 is 10.2 Å². The van der Waals surface area contributed by atoms with Crippen LogP contribution in [0.25, 0.3) is 0 Å². The van der Waals surface area contributed by atoms with E-state index in [1.807, 2.05) is 42.3 Å². The van der Waals surface area contributed by atoms with Crippen molar-refractivity contribution in [3.63, 3.8) is 0 Å². The van der Waals surface area contributed by atoms with Gasteiger partial charge in [0.05, 0.1) is 6.54 Å². The molecule has 0 saturated heterocycles. The van der Waals surface area contributed by atoms with E-state index in [0.29, 0.717) is 12.6 Å². The molecule has 1 N–H and O–H groups in total. The Balaban J connectivity index is 2.39. The highest BCUT2D eigenvalue weighted by atomic mass is 16.2. The van der Waals surface area contributed by atoms with Gasteiger partial charge in [-0.3, -0.25) is 4.79 Å². The first-order chi connectivity index (χ1) is 8.15. The van der Waals surface area contributed by atoms with Gasteiger partial charge >= 0.3 is 0 Å². The summed E-state index contributed by atoms with van der Waals surface area (Å²) in [5.41, 5.74) is 0.984. The molecule has 0 aliphatic carbocycles. The lowest BCUT2D eigenvalue weighted by atomic mass is 10.2. The second-order valence-electron chi connectivity index (χ2n) is 4.36. The molecular weight excluding hydrogens is 212 g/mol. The Hall–Kier alpha value is -1.51. The van der Waals surface area contributed by atoms with Gasteiger partial charge in [-0.25, -0.2) is 0 Å². The number of amides is 1. The molecular formula is C14H22N2O. The molecule has 1 aromatic rings. The summed E-state index contributed by atoms with van der Waals surface area (Å²) >= 11 is 0. The van der Waals surface area contributed by atoms with E-state index in [-0.39, 0.29) is 5.91 Å². The summed E-state index contributed by atoms with van der Waals surface area (Å²) in [6.07, 6.45) is 2.15. The summed E-state index contributed by atoms with van der Waals surface area (Å²) in [6, 6.07) is 10.1. The predicted octanol–water partition coefficient (Wildman–Crippen LogP) is 2.75. The monoisotopic (exact) mass is 234 g/mol. The number of para-hydroxylation sites is 1. The van der Waals surface area contributed by atoms with E-state index in [1.165, 1.54) is 0 Å². The Labute approximate surface area is 104 Å².